The maximum absolute atomic E-state index is 5.79. The monoisotopic (exact) mass is 291 g/mol. The highest BCUT2D eigenvalue weighted by molar-refractivity contribution is 7.09. The molecule has 0 amide bonds. The first-order valence-corrected chi connectivity index (χ1v) is 8.11. The van der Waals surface area contributed by atoms with Crippen LogP contribution in [0.25, 0.3) is 0 Å². The van der Waals surface area contributed by atoms with E-state index in [1.807, 2.05) is 4.68 Å². The summed E-state index contributed by atoms with van der Waals surface area (Å²) in [4.78, 5) is 3.84. The van der Waals surface area contributed by atoms with Crippen LogP contribution in [0.1, 0.15) is 29.1 Å². The number of hydrogen-bond donors (Lipinski definition) is 1. The van der Waals surface area contributed by atoms with Gasteiger partial charge in [-0.1, -0.05) is 11.3 Å². The Labute approximate surface area is 123 Å². The quantitative estimate of drug-likeness (QED) is 0.876. The van der Waals surface area contributed by atoms with Gasteiger partial charge in [0.25, 0.3) is 0 Å². The summed E-state index contributed by atoms with van der Waals surface area (Å²) in [7, 11) is 0. The van der Waals surface area contributed by atoms with Crippen molar-refractivity contribution in [2.45, 2.75) is 32.4 Å². The molecule has 0 saturated carbocycles. The Bertz CT molecular complexity index is 528. The summed E-state index contributed by atoms with van der Waals surface area (Å²) in [6, 6.07) is 4.24. The predicted octanol–water partition coefficient (Wildman–Crippen LogP) is 1.48. The molecule has 6 heteroatoms. The highest BCUT2D eigenvalue weighted by Gasteiger charge is 2.15. The van der Waals surface area contributed by atoms with Crippen LogP contribution in [0.5, 0.6) is 0 Å². The molecule has 0 aromatic carbocycles. The Morgan fingerprint density at radius 1 is 1.25 bits per heavy atom. The first-order chi connectivity index (χ1) is 9.86. The van der Waals surface area contributed by atoms with E-state index >= 15 is 0 Å². The van der Waals surface area contributed by atoms with Crippen LogP contribution in [-0.4, -0.2) is 39.5 Å². The van der Waals surface area contributed by atoms with E-state index in [0.29, 0.717) is 6.54 Å². The molecule has 5 nitrogen and oxygen atoms in total. The second kappa shape index (κ2) is 6.47. The largest absolute Gasteiger partial charge is 0.325 e. The molecule has 2 aromatic heterocycles. The Balaban J connectivity index is 1.70. The van der Waals surface area contributed by atoms with E-state index in [1.54, 1.807) is 11.3 Å². The molecule has 2 N–H and O–H groups in total. The maximum atomic E-state index is 5.79. The lowest BCUT2D eigenvalue weighted by Crippen LogP contribution is -2.25. The summed E-state index contributed by atoms with van der Waals surface area (Å²) in [6.45, 7) is 4.88. The number of hydrogen-bond acceptors (Lipinski definition) is 5. The highest BCUT2D eigenvalue weighted by atomic mass is 32.1. The number of likely N-dealkylation sites (tertiary alicyclic amines) is 1. The Kier molecular flexibility index (Phi) is 4.44. The summed E-state index contributed by atoms with van der Waals surface area (Å²) in [5.41, 5.74) is 7.89. The molecule has 1 aliphatic heterocycles. The molecule has 0 bridgehead atoms. The Morgan fingerprint density at radius 2 is 2.10 bits per heavy atom. The summed E-state index contributed by atoms with van der Waals surface area (Å²) in [6.07, 6.45) is 3.54. The first kappa shape index (κ1) is 13.7. The van der Waals surface area contributed by atoms with E-state index in [4.69, 9.17) is 5.73 Å². The van der Waals surface area contributed by atoms with Crippen molar-refractivity contribution in [2.75, 3.05) is 19.6 Å². The average molecular weight is 291 g/mol. The zero-order valence-corrected chi connectivity index (χ0v) is 12.5. The lowest BCUT2D eigenvalue weighted by atomic mass is 10.2. The number of thiophene rings is 1. The number of nitrogens with two attached hydrogens (primary N) is 1. The van der Waals surface area contributed by atoms with E-state index in [0.717, 1.165) is 25.2 Å². The SMILES string of the molecule is NCc1nnn(CCN2CCCC2)c1Cc1cccs1. The third-order valence-corrected chi connectivity index (χ3v) is 4.74. The zero-order valence-electron chi connectivity index (χ0n) is 11.7. The molecule has 0 spiro atoms. The normalized spacial score (nSPS) is 16.1. The zero-order chi connectivity index (χ0) is 13.8. The van der Waals surface area contributed by atoms with Crippen molar-refractivity contribution in [3.05, 3.63) is 33.8 Å². The number of nitrogens with zero attached hydrogens (tertiary/aromatic N) is 4. The standard InChI is InChI=1S/C14H21N5S/c15-11-13-14(10-12-4-3-9-20-12)19(17-16-13)8-7-18-5-1-2-6-18/h3-4,9H,1-2,5-8,10-11,15H2. The van der Waals surface area contributed by atoms with Crippen molar-refractivity contribution in [1.29, 1.82) is 0 Å². The molecular weight excluding hydrogens is 270 g/mol. The van der Waals surface area contributed by atoms with Crippen molar-refractivity contribution in [3.63, 3.8) is 0 Å². The predicted molar refractivity (Wildman–Crippen MR) is 80.7 cm³/mol. The highest BCUT2D eigenvalue weighted by Crippen LogP contribution is 2.17. The van der Waals surface area contributed by atoms with Gasteiger partial charge in [0, 0.05) is 24.4 Å². The Morgan fingerprint density at radius 3 is 2.80 bits per heavy atom. The molecule has 1 aliphatic rings. The van der Waals surface area contributed by atoms with Crippen LogP contribution >= 0.6 is 11.3 Å². The topological polar surface area (TPSA) is 60.0 Å². The van der Waals surface area contributed by atoms with Crippen molar-refractivity contribution < 1.29 is 0 Å². The van der Waals surface area contributed by atoms with Crippen molar-refractivity contribution in [3.8, 4) is 0 Å². The van der Waals surface area contributed by atoms with Gasteiger partial charge in [0.15, 0.2) is 0 Å². The molecule has 1 saturated heterocycles. The second-order valence-electron chi connectivity index (χ2n) is 5.21. The summed E-state index contributed by atoms with van der Waals surface area (Å²) in [5.74, 6) is 0. The number of rotatable bonds is 6. The van der Waals surface area contributed by atoms with Crippen LogP contribution in [0.4, 0.5) is 0 Å². The van der Waals surface area contributed by atoms with E-state index < -0.39 is 0 Å². The second-order valence-corrected chi connectivity index (χ2v) is 6.25. The molecule has 0 atom stereocenters. The molecular formula is C14H21N5S. The minimum Gasteiger partial charge on any atom is -0.325 e. The fourth-order valence-corrected chi connectivity index (χ4v) is 3.43. The summed E-state index contributed by atoms with van der Waals surface area (Å²) >= 11 is 1.77. The van der Waals surface area contributed by atoms with E-state index in [1.165, 1.54) is 36.5 Å². The molecule has 3 heterocycles. The van der Waals surface area contributed by atoms with Crippen LogP contribution in [0, 0.1) is 0 Å². The van der Waals surface area contributed by atoms with Gasteiger partial charge >= 0.3 is 0 Å². The summed E-state index contributed by atoms with van der Waals surface area (Å²) in [5, 5.41) is 10.6. The van der Waals surface area contributed by atoms with Crippen LogP contribution in [0.3, 0.4) is 0 Å². The van der Waals surface area contributed by atoms with Gasteiger partial charge in [0.05, 0.1) is 17.9 Å². The van der Waals surface area contributed by atoms with Gasteiger partial charge in [-0.3, -0.25) is 0 Å². The smallest absolute Gasteiger partial charge is 0.0998 e. The molecule has 20 heavy (non-hydrogen) atoms. The summed E-state index contributed by atoms with van der Waals surface area (Å²) < 4.78 is 2.04. The average Bonchev–Trinajstić information content (AvgIpc) is 3.19. The van der Waals surface area contributed by atoms with Crippen molar-refractivity contribution in [1.82, 2.24) is 19.9 Å². The minimum atomic E-state index is 0.463. The molecule has 3 rings (SSSR count). The fourth-order valence-electron chi connectivity index (χ4n) is 2.72. The molecule has 0 radical (unpaired) electrons. The van der Waals surface area contributed by atoms with Crippen LogP contribution in [0.2, 0.25) is 0 Å². The van der Waals surface area contributed by atoms with Crippen LogP contribution in [-0.2, 0) is 19.5 Å². The molecule has 0 aliphatic carbocycles. The lowest BCUT2D eigenvalue weighted by molar-refractivity contribution is 0.312. The molecule has 108 valence electrons. The Hall–Kier alpha value is -1.24. The first-order valence-electron chi connectivity index (χ1n) is 7.23. The minimum absolute atomic E-state index is 0.463. The molecule has 1 fully saturated rings. The van der Waals surface area contributed by atoms with Gasteiger partial charge in [0.2, 0.25) is 0 Å². The lowest BCUT2D eigenvalue weighted by Gasteiger charge is -2.15. The third kappa shape index (κ3) is 3.08. The van der Waals surface area contributed by atoms with E-state index in [9.17, 15) is 0 Å². The van der Waals surface area contributed by atoms with Crippen molar-refractivity contribution >= 4 is 11.3 Å². The number of aromatic nitrogens is 3. The van der Waals surface area contributed by atoms with Crippen LogP contribution < -0.4 is 5.73 Å². The van der Waals surface area contributed by atoms with Gasteiger partial charge in [-0.25, -0.2) is 4.68 Å². The van der Waals surface area contributed by atoms with Gasteiger partial charge in [0.1, 0.15) is 0 Å². The van der Waals surface area contributed by atoms with Gasteiger partial charge < -0.3 is 10.6 Å². The maximum Gasteiger partial charge on any atom is 0.0998 e. The van der Waals surface area contributed by atoms with Gasteiger partial charge in [-0.15, -0.1) is 16.4 Å². The van der Waals surface area contributed by atoms with Crippen LogP contribution in [0.15, 0.2) is 17.5 Å². The fraction of sp³-hybridized carbons (Fsp3) is 0.571. The molecule has 0 unspecified atom stereocenters. The van der Waals surface area contributed by atoms with Crippen molar-refractivity contribution in [2.24, 2.45) is 5.73 Å². The van der Waals surface area contributed by atoms with E-state index in [-0.39, 0.29) is 0 Å². The molecule has 2 aromatic rings. The van der Waals surface area contributed by atoms with Gasteiger partial charge in [-0.2, -0.15) is 0 Å². The van der Waals surface area contributed by atoms with Gasteiger partial charge in [-0.05, 0) is 37.4 Å². The third-order valence-electron chi connectivity index (χ3n) is 3.86. The van der Waals surface area contributed by atoms with E-state index in [2.05, 4.69) is 32.7 Å².